The van der Waals surface area contributed by atoms with Crippen LogP contribution >= 0.6 is 8.81 Å². The zero-order valence-corrected chi connectivity index (χ0v) is 3.28. The minimum absolute atomic E-state index is 1.22. The molecule has 0 radical (unpaired) electrons. The summed E-state index contributed by atoms with van der Waals surface area (Å²) in [7, 11) is -1.22. The lowest BCUT2D eigenvalue weighted by Crippen LogP contribution is -1.69. The Morgan fingerprint density at radius 2 is 1.80 bits per heavy atom. The lowest BCUT2D eigenvalue weighted by atomic mass is 11.7. The molecule has 0 aliphatic heterocycles. The number of hydrogen-bond acceptors (Lipinski definition) is 1. The SMILES string of the molecule is OPC(F)F. The third kappa shape index (κ3) is 4.25. The van der Waals surface area contributed by atoms with Crippen LogP contribution in [0.15, 0.2) is 0 Å². The topological polar surface area (TPSA) is 20.2 Å². The molecular formula is CH3F2OP. The molecule has 0 saturated carbocycles. The van der Waals surface area contributed by atoms with Crippen LogP contribution < -0.4 is 0 Å². The second kappa shape index (κ2) is 2.49. The van der Waals surface area contributed by atoms with Gasteiger partial charge < -0.3 is 4.89 Å². The molecule has 1 N–H and O–H groups in total. The minimum Gasteiger partial charge on any atom is -0.371 e. The molecule has 0 bridgehead atoms. The third-order valence-electron chi connectivity index (χ3n) is 0.0976. The van der Waals surface area contributed by atoms with Crippen molar-refractivity contribution >= 4 is 8.81 Å². The van der Waals surface area contributed by atoms with Gasteiger partial charge in [0.15, 0.2) is 0 Å². The van der Waals surface area contributed by atoms with Crippen LogP contribution in [0.3, 0.4) is 0 Å². The van der Waals surface area contributed by atoms with E-state index in [9.17, 15) is 8.78 Å². The summed E-state index contributed by atoms with van der Waals surface area (Å²) in [5.41, 5.74) is 0. The second-order valence-electron chi connectivity index (χ2n) is 0.430. The predicted octanol–water partition coefficient (Wildman–Crippen LogP) is 0.795. The molecule has 0 rings (SSSR count). The average molecular weight is 100 g/mol. The Morgan fingerprint density at radius 1 is 1.60 bits per heavy atom. The Hall–Kier alpha value is 0.250. The highest BCUT2D eigenvalue weighted by Gasteiger charge is 1.93. The van der Waals surface area contributed by atoms with Crippen LogP contribution in [-0.2, 0) is 0 Å². The van der Waals surface area contributed by atoms with Crippen LogP contribution in [-0.4, -0.2) is 11.1 Å². The summed E-state index contributed by atoms with van der Waals surface area (Å²) in [5, 5.41) is 0. The van der Waals surface area contributed by atoms with Gasteiger partial charge in [0, 0.05) is 0 Å². The number of hydrogen-bond donors (Lipinski definition) is 1. The summed E-state index contributed by atoms with van der Waals surface area (Å²) in [4.78, 5) is 7.42. The standard InChI is InChI=1S/CH3F2OP/c2-1(3)5-4/h1,4-5H. The fourth-order valence-corrected chi connectivity index (χ4v) is 0. The van der Waals surface area contributed by atoms with Crippen LogP contribution in [0.1, 0.15) is 0 Å². The van der Waals surface area contributed by atoms with Gasteiger partial charge in [-0.3, -0.25) is 0 Å². The van der Waals surface area contributed by atoms with E-state index >= 15 is 0 Å². The summed E-state index contributed by atoms with van der Waals surface area (Å²) >= 11 is 0. The monoisotopic (exact) mass is 100.0 g/mol. The molecule has 0 amide bonds. The highest BCUT2D eigenvalue weighted by Crippen LogP contribution is 2.13. The van der Waals surface area contributed by atoms with Crippen molar-refractivity contribution in [1.29, 1.82) is 0 Å². The number of halogens is 2. The molecule has 0 spiro atoms. The van der Waals surface area contributed by atoms with Crippen molar-refractivity contribution in [3.8, 4) is 0 Å². The van der Waals surface area contributed by atoms with E-state index in [0.717, 1.165) is 0 Å². The maximum atomic E-state index is 10.5. The zero-order chi connectivity index (χ0) is 4.28. The van der Waals surface area contributed by atoms with Gasteiger partial charge in [0.25, 0.3) is 6.17 Å². The maximum Gasteiger partial charge on any atom is 0.276 e. The molecule has 1 atom stereocenters. The fourth-order valence-electron chi connectivity index (χ4n) is 0. The molecule has 0 aromatic heterocycles. The van der Waals surface area contributed by atoms with Gasteiger partial charge in [0.1, 0.15) is 0 Å². The first kappa shape index (κ1) is 5.25. The van der Waals surface area contributed by atoms with E-state index in [2.05, 4.69) is 0 Å². The van der Waals surface area contributed by atoms with Gasteiger partial charge in [-0.15, -0.1) is 0 Å². The van der Waals surface area contributed by atoms with E-state index in [1.54, 1.807) is 0 Å². The van der Waals surface area contributed by atoms with Crippen molar-refractivity contribution in [2.45, 2.75) is 6.17 Å². The minimum atomic E-state index is -2.53. The number of alkyl halides is 2. The first-order valence-electron chi connectivity index (χ1n) is 0.949. The van der Waals surface area contributed by atoms with Crippen LogP contribution in [0.25, 0.3) is 0 Å². The summed E-state index contributed by atoms with van der Waals surface area (Å²) in [6.07, 6.45) is -2.53. The first-order valence-corrected chi connectivity index (χ1v) is 1.97. The van der Waals surface area contributed by atoms with Gasteiger partial charge in [-0.2, -0.15) is 0 Å². The van der Waals surface area contributed by atoms with E-state index in [4.69, 9.17) is 4.89 Å². The molecule has 1 unspecified atom stereocenters. The molecule has 0 heterocycles. The van der Waals surface area contributed by atoms with E-state index < -0.39 is 15.0 Å². The molecule has 0 aromatic carbocycles. The summed E-state index contributed by atoms with van der Waals surface area (Å²) in [6.45, 7) is 0. The lowest BCUT2D eigenvalue weighted by Gasteiger charge is -1.81. The molecule has 4 heteroatoms. The molecule has 32 valence electrons. The summed E-state index contributed by atoms with van der Waals surface area (Å²) < 4.78 is 21.1. The summed E-state index contributed by atoms with van der Waals surface area (Å²) in [5.74, 6) is 0. The van der Waals surface area contributed by atoms with Crippen molar-refractivity contribution in [2.75, 3.05) is 0 Å². The summed E-state index contributed by atoms with van der Waals surface area (Å²) in [6, 6.07) is 0. The van der Waals surface area contributed by atoms with Gasteiger partial charge >= 0.3 is 0 Å². The van der Waals surface area contributed by atoms with Crippen molar-refractivity contribution in [2.24, 2.45) is 0 Å². The van der Waals surface area contributed by atoms with E-state index in [0.29, 0.717) is 0 Å². The van der Waals surface area contributed by atoms with Gasteiger partial charge in [-0.1, -0.05) is 0 Å². The smallest absolute Gasteiger partial charge is 0.276 e. The van der Waals surface area contributed by atoms with Crippen molar-refractivity contribution < 1.29 is 13.7 Å². The van der Waals surface area contributed by atoms with Crippen LogP contribution in [0.2, 0.25) is 0 Å². The lowest BCUT2D eigenvalue weighted by molar-refractivity contribution is 0.237. The Labute approximate surface area is 29.9 Å². The van der Waals surface area contributed by atoms with E-state index in [-0.39, 0.29) is 0 Å². The Balaban J connectivity index is 2.54. The molecule has 5 heavy (non-hydrogen) atoms. The van der Waals surface area contributed by atoms with Gasteiger partial charge in [-0.25, -0.2) is 8.78 Å². The number of rotatable bonds is 1. The van der Waals surface area contributed by atoms with E-state index in [1.165, 1.54) is 0 Å². The maximum absolute atomic E-state index is 10.5. The molecule has 0 aliphatic carbocycles. The van der Waals surface area contributed by atoms with Gasteiger partial charge in [0.05, 0.1) is 8.81 Å². The van der Waals surface area contributed by atoms with Crippen LogP contribution in [0.5, 0.6) is 0 Å². The highest BCUT2D eigenvalue weighted by molar-refractivity contribution is 7.31. The first-order chi connectivity index (χ1) is 2.27. The Kier molecular flexibility index (Phi) is 2.61. The van der Waals surface area contributed by atoms with Crippen LogP contribution in [0.4, 0.5) is 8.78 Å². The van der Waals surface area contributed by atoms with Crippen molar-refractivity contribution in [1.82, 2.24) is 0 Å². The molecular weight excluding hydrogens is 97.0 g/mol. The molecule has 0 saturated heterocycles. The molecule has 0 aromatic rings. The third-order valence-corrected chi connectivity index (χ3v) is 0.293. The van der Waals surface area contributed by atoms with Crippen molar-refractivity contribution in [3.63, 3.8) is 0 Å². The average Bonchev–Trinajstić information content (AvgIpc) is 1.38. The van der Waals surface area contributed by atoms with E-state index in [1.807, 2.05) is 0 Å². The zero-order valence-electron chi connectivity index (χ0n) is 2.28. The second-order valence-corrected chi connectivity index (χ2v) is 1.12. The molecule has 0 aliphatic rings. The molecule has 0 fully saturated rings. The Bertz CT molecular complexity index is 23.6. The quantitative estimate of drug-likeness (QED) is 0.483. The van der Waals surface area contributed by atoms with Crippen LogP contribution in [0, 0.1) is 0 Å². The fraction of sp³-hybridized carbons (Fsp3) is 1.00. The van der Waals surface area contributed by atoms with Crippen molar-refractivity contribution in [3.05, 3.63) is 0 Å². The van der Waals surface area contributed by atoms with Gasteiger partial charge in [0.2, 0.25) is 0 Å². The predicted molar refractivity (Wildman–Crippen MR) is 16.5 cm³/mol. The van der Waals surface area contributed by atoms with Gasteiger partial charge in [-0.05, 0) is 0 Å². The Morgan fingerprint density at radius 3 is 1.80 bits per heavy atom. The highest BCUT2D eigenvalue weighted by atomic mass is 31.1. The normalized spacial score (nSPS) is 12.0. The molecule has 1 nitrogen and oxygen atoms in total. The largest absolute Gasteiger partial charge is 0.371 e.